The molecule has 1 aliphatic carbocycles. The summed E-state index contributed by atoms with van der Waals surface area (Å²) in [6.45, 7) is 4.90. The molecule has 0 aliphatic heterocycles. The fraction of sp³-hybridized carbons (Fsp3) is 0.920. The first-order valence-electron chi connectivity index (χ1n) is 12.2. The van der Waals surface area contributed by atoms with Gasteiger partial charge in [0.15, 0.2) is 0 Å². The van der Waals surface area contributed by atoms with Crippen molar-refractivity contribution in [1.29, 1.82) is 0 Å². The number of rotatable bonds is 20. The van der Waals surface area contributed by atoms with Gasteiger partial charge in [0.1, 0.15) is 0 Å². The van der Waals surface area contributed by atoms with Gasteiger partial charge in [-0.25, -0.2) is 0 Å². The summed E-state index contributed by atoms with van der Waals surface area (Å²) in [5, 5.41) is 0. The van der Waals surface area contributed by atoms with Crippen molar-refractivity contribution in [3.8, 4) is 0 Å². The van der Waals surface area contributed by atoms with Crippen molar-refractivity contribution in [1.82, 2.24) is 0 Å². The Hall–Kier alpha value is -0.0400. The van der Waals surface area contributed by atoms with Crippen molar-refractivity contribution >= 4 is 0 Å². The SMILES string of the molecule is [CH2]CCCCCCCCCCCCCCCCCCCOC1C[CH]CC1. The molecule has 0 aromatic rings. The summed E-state index contributed by atoms with van der Waals surface area (Å²) in [4.78, 5) is 0. The second kappa shape index (κ2) is 19.7. The molecule has 0 saturated heterocycles. The standard InChI is InChI=1S/C25H48O/c1-2-3-4-5-6-7-8-9-10-11-12-13-14-15-16-17-18-21-24-26-25-22-19-20-23-25/h19,25H,1-18,20-24H2. The second-order valence-corrected chi connectivity index (χ2v) is 8.46. The molecule has 26 heavy (non-hydrogen) atoms. The lowest BCUT2D eigenvalue weighted by atomic mass is 10.0. The lowest BCUT2D eigenvalue weighted by Gasteiger charge is -2.10. The fourth-order valence-corrected chi connectivity index (χ4v) is 4.06. The number of hydrogen-bond donors (Lipinski definition) is 0. The first kappa shape index (κ1) is 24.0. The largest absolute Gasteiger partial charge is 0.378 e. The topological polar surface area (TPSA) is 9.23 Å². The van der Waals surface area contributed by atoms with Gasteiger partial charge >= 0.3 is 0 Å². The van der Waals surface area contributed by atoms with Crippen LogP contribution in [0, 0.1) is 13.3 Å². The van der Waals surface area contributed by atoms with Crippen molar-refractivity contribution < 1.29 is 4.74 Å². The average Bonchev–Trinajstić information content (AvgIpc) is 3.17. The Morgan fingerprint density at radius 2 is 1.04 bits per heavy atom. The zero-order chi connectivity index (χ0) is 18.5. The maximum Gasteiger partial charge on any atom is 0.0578 e. The van der Waals surface area contributed by atoms with E-state index in [-0.39, 0.29) is 0 Å². The molecular formula is C25H48O. The van der Waals surface area contributed by atoms with Crippen LogP contribution in [-0.4, -0.2) is 12.7 Å². The zero-order valence-electron chi connectivity index (χ0n) is 17.8. The predicted molar refractivity (Wildman–Crippen MR) is 116 cm³/mol. The highest BCUT2D eigenvalue weighted by atomic mass is 16.5. The van der Waals surface area contributed by atoms with E-state index in [0.717, 1.165) is 13.0 Å². The van der Waals surface area contributed by atoms with E-state index in [1.807, 2.05) is 0 Å². The molecule has 1 nitrogen and oxygen atoms in total. The summed E-state index contributed by atoms with van der Waals surface area (Å²) in [7, 11) is 0. The number of unbranched alkanes of at least 4 members (excludes halogenated alkanes) is 17. The minimum Gasteiger partial charge on any atom is -0.378 e. The van der Waals surface area contributed by atoms with Crippen molar-refractivity contribution in [2.45, 2.75) is 141 Å². The lowest BCUT2D eigenvalue weighted by Crippen LogP contribution is -2.08. The van der Waals surface area contributed by atoms with Crippen LogP contribution in [0.3, 0.4) is 0 Å². The maximum absolute atomic E-state index is 5.90. The van der Waals surface area contributed by atoms with E-state index in [0.29, 0.717) is 6.10 Å². The third-order valence-corrected chi connectivity index (χ3v) is 5.87. The van der Waals surface area contributed by atoms with Crippen LogP contribution < -0.4 is 0 Å². The molecule has 0 N–H and O–H groups in total. The molecule has 0 aromatic heterocycles. The van der Waals surface area contributed by atoms with Gasteiger partial charge < -0.3 is 4.74 Å². The number of hydrogen-bond acceptors (Lipinski definition) is 1. The van der Waals surface area contributed by atoms with Gasteiger partial charge in [0.2, 0.25) is 0 Å². The molecule has 1 rings (SSSR count). The van der Waals surface area contributed by atoms with Gasteiger partial charge in [-0.05, 0) is 32.1 Å². The van der Waals surface area contributed by atoms with E-state index < -0.39 is 0 Å². The van der Waals surface area contributed by atoms with E-state index in [4.69, 9.17) is 4.74 Å². The van der Waals surface area contributed by atoms with Crippen LogP contribution in [0.5, 0.6) is 0 Å². The molecule has 1 unspecified atom stereocenters. The van der Waals surface area contributed by atoms with Crippen LogP contribution in [-0.2, 0) is 4.74 Å². The molecule has 0 heterocycles. The summed E-state index contributed by atoms with van der Waals surface area (Å²) < 4.78 is 5.90. The Bertz CT molecular complexity index is 257. The monoisotopic (exact) mass is 364 g/mol. The molecule has 2 radical (unpaired) electrons. The quantitative estimate of drug-likeness (QED) is 0.196. The summed E-state index contributed by atoms with van der Waals surface area (Å²) in [6, 6.07) is 0. The van der Waals surface area contributed by atoms with E-state index in [2.05, 4.69) is 13.3 Å². The third kappa shape index (κ3) is 16.2. The van der Waals surface area contributed by atoms with Crippen LogP contribution in [0.15, 0.2) is 0 Å². The Morgan fingerprint density at radius 1 is 0.615 bits per heavy atom. The first-order valence-corrected chi connectivity index (χ1v) is 12.2. The Labute approximate surface area is 166 Å². The highest BCUT2D eigenvalue weighted by Gasteiger charge is 2.14. The molecular weight excluding hydrogens is 316 g/mol. The van der Waals surface area contributed by atoms with E-state index in [1.54, 1.807) is 0 Å². The molecule has 1 fully saturated rings. The van der Waals surface area contributed by atoms with Gasteiger partial charge in [-0.3, -0.25) is 0 Å². The summed E-state index contributed by atoms with van der Waals surface area (Å²) in [6.07, 6.45) is 32.0. The molecule has 0 amide bonds. The van der Waals surface area contributed by atoms with Gasteiger partial charge in [0.25, 0.3) is 0 Å². The smallest absolute Gasteiger partial charge is 0.0578 e. The van der Waals surface area contributed by atoms with E-state index in [9.17, 15) is 0 Å². The van der Waals surface area contributed by atoms with Crippen molar-refractivity contribution in [2.24, 2.45) is 0 Å². The van der Waals surface area contributed by atoms with Crippen LogP contribution in [0.1, 0.15) is 135 Å². The van der Waals surface area contributed by atoms with Crippen LogP contribution in [0.2, 0.25) is 0 Å². The first-order chi connectivity index (χ1) is 12.9. The Balaban J connectivity index is 1.62. The summed E-state index contributed by atoms with van der Waals surface area (Å²) in [5.74, 6) is 0. The predicted octanol–water partition coefficient (Wildman–Crippen LogP) is 8.62. The normalized spacial score (nSPS) is 15.1. The molecule has 0 bridgehead atoms. The minimum absolute atomic E-state index is 0.554. The summed E-state index contributed by atoms with van der Waals surface area (Å²) in [5.41, 5.74) is 0. The highest BCUT2D eigenvalue weighted by molar-refractivity contribution is 4.80. The lowest BCUT2D eigenvalue weighted by molar-refractivity contribution is 0.0573. The fourth-order valence-electron chi connectivity index (χ4n) is 4.06. The van der Waals surface area contributed by atoms with Gasteiger partial charge in [0, 0.05) is 6.61 Å². The van der Waals surface area contributed by atoms with Crippen LogP contribution >= 0.6 is 0 Å². The molecule has 1 saturated carbocycles. The molecule has 1 heteroatoms. The molecule has 1 aliphatic rings. The zero-order valence-corrected chi connectivity index (χ0v) is 17.8. The van der Waals surface area contributed by atoms with Gasteiger partial charge in [-0.1, -0.05) is 116 Å². The minimum atomic E-state index is 0.554. The third-order valence-electron chi connectivity index (χ3n) is 5.87. The highest BCUT2D eigenvalue weighted by Crippen LogP contribution is 2.20. The summed E-state index contributed by atoms with van der Waals surface area (Å²) >= 11 is 0. The maximum atomic E-state index is 5.90. The van der Waals surface area contributed by atoms with Crippen LogP contribution in [0.4, 0.5) is 0 Å². The molecule has 0 aromatic carbocycles. The van der Waals surface area contributed by atoms with Gasteiger partial charge in [-0.15, -0.1) is 0 Å². The Kier molecular flexibility index (Phi) is 18.2. The van der Waals surface area contributed by atoms with Crippen molar-refractivity contribution in [3.05, 3.63) is 13.3 Å². The van der Waals surface area contributed by atoms with Gasteiger partial charge in [0.05, 0.1) is 6.10 Å². The van der Waals surface area contributed by atoms with Crippen molar-refractivity contribution in [3.63, 3.8) is 0 Å². The Morgan fingerprint density at radius 3 is 1.42 bits per heavy atom. The second-order valence-electron chi connectivity index (χ2n) is 8.46. The van der Waals surface area contributed by atoms with Crippen LogP contribution in [0.25, 0.3) is 0 Å². The van der Waals surface area contributed by atoms with E-state index in [1.165, 1.54) is 128 Å². The molecule has 1 atom stereocenters. The molecule has 0 spiro atoms. The van der Waals surface area contributed by atoms with Crippen molar-refractivity contribution in [2.75, 3.05) is 6.61 Å². The van der Waals surface area contributed by atoms with E-state index >= 15 is 0 Å². The molecule has 154 valence electrons. The average molecular weight is 365 g/mol. The van der Waals surface area contributed by atoms with Gasteiger partial charge in [-0.2, -0.15) is 0 Å². The number of ether oxygens (including phenoxy) is 1.